The number of aldehydes is 1. The molecule has 2 rings (SSSR count). The SMILES string of the molecule is O=CC1CNCC(I)C12CCNCC2. The summed E-state index contributed by atoms with van der Waals surface area (Å²) in [5.74, 6) is 0.222. The Bertz CT molecular complexity index is 216. The molecule has 0 aliphatic carbocycles. The van der Waals surface area contributed by atoms with E-state index in [9.17, 15) is 4.79 Å². The maximum atomic E-state index is 11.1. The minimum atomic E-state index is 0.222. The number of hydrogen-bond donors (Lipinski definition) is 2. The predicted molar refractivity (Wildman–Crippen MR) is 64.8 cm³/mol. The summed E-state index contributed by atoms with van der Waals surface area (Å²) in [5.41, 5.74) is 0.277. The number of hydrogen-bond acceptors (Lipinski definition) is 3. The number of carbonyl (C=O) groups is 1. The van der Waals surface area contributed by atoms with Gasteiger partial charge in [0, 0.05) is 22.9 Å². The molecular weight excluding hydrogens is 291 g/mol. The van der Waals surface area contributed by atoms with Crippen LogP contribution < -0.4 is 10.6 Å². The quantitative estimate of drug-likeness (QED) is 0.423. The second-order valence-electron chi connectivity index (χ2n) is 4.35. The third-order valence-electron chi connectivity index (χ3n) is 3.75. The van der Waals surface area contributed by atoms with Crippen LogP contribution in [0.4, 0.5) is 0 Å². The van der Waals surface area contributed by atoms with E-state index < -0.39 is 0 Å². The van der Waals surface area contributed by atoms with E-state index in [2.05, 4.69) is 33.2 Å². The van der Waals surface area contributed by atoms with Crippen LogP contribution in [0.2, 0.25) is 0 Å². The molecule has 0 amide bonds. The lowest BCUT2D eigenvalue weighted by Crippen LogP contribution is -2.57. The fraction of sp³-hybridized carbons (Fsp3) is 0.900. The minimum absolute atomic E-state index is 0.222. The Hall–Kier alpha value is 0.320. The van der Waals surface area contributed by atoms with Crippen LogP contribution >= 0.6 is 22.6 Å². The molecule has 0 bridgehead atoms. The molecule has 2 fully saturated rings. The third-order valence-corrected chi connectivity index (χ3v) is 5.43. The fourth-order valence-electron chi connectivity index (χ4n) is 2.76. The molecule has 0 aromatic carbocycles. The van der Waals surface area contributed by atoms with Crippen molar-refractivity contribution >= 4 is 28.9 Å². The maximum Gasteiger partial charge on any atom is 0.124 e. The van der Waals surface area contributed by atoms with Crippen LogP contribution in [0.1, 0.15) is 12.8 Å². The summed E-state index contributed by atoms with van der Waals surface area (Å²) in [6.07, 6.45) is 3.49. The number of alkyl halides is 1. The molecule has 2 aliphatic heterocycles. The Balaban J connectivity index is 2.19. The molecule has 14 heavy (non-hydrogen) atoms. The van der Waals surface area contributed by atoms with E-state index in [-0.39, 0.29) is 11.3 Å². The van der Waals surface area contributed by atoms with E-state index in [1.54, 1.807) is 0 Å². The number of halogens is 1. The first kappa shape index (κ1) is 10.8. The highest BCUT2D eigenvalue weighted by atomic mass is 127. The molecule has 2 aliphatic rings. The Morgan fingerprint density at radius 2 is 1.93 bits per heavy atom. The van der Waals surface area contributed by atoms with Gasteiger partial charge in [-0.25, -0.2) is 0 Å². The first-order valence-corrected chi connectivity index (χ1v) is 6.55. The molecule has 3 nitrogen and oxygen atoms in total. The van der Waals surface area contributed by atoms with Crippen LogP contribution in [-0.2, 0) is 4.79 Å². The van der Waals surface area contributed by atoms with Gasteiger partial charge in [0.1, 0.15) is 6.29 Å². The highest BCUT2D eigenvalue weighted by Crippen LogP contribution is 2.44. The van der Waals surface area contributed by atoms with E-state index in [0.717, 1.165) is 39.0 Å². The maximum absolute atomic E-state index is 11.1. The summed E-state index contributed by atoms with van der Waals surface area (Å²) in [5, 5.41) is 6.73. The molecule has 0 aromatic heterocycles. The highest BCUT2D eigenvalue weighted by Gasteiger charge is 2.46. The van der Waals surface area contributed by atoms with E-state index in [1.807, 2.05) is 0 Å². The average Bonchev–Trinajstić information content (AvgIpc) is 2.24. The zero-order valence-corrected chi connectivity index (χ0v) is 10.4. The number of piperidine rings is 2. The molecule has 80 valence electrons. The normalized spacial score (nSPS) is 36.9. The Labute approximate surface area is 98.5 Å². The second-order valence-corrected chi connectivity index (χ2v) is 5.86. The van der Waals surface area contributed by atoms with Gasteiger partial charge in [-0.1, -0.05) is 22.6 Å². The van der Waals surface area contributed by atoms with Crippen molar-refractivity contribution in [2.75, 3.05) is 26.2 Å². The van der Waals surface area contributed by atoms with Gasteiger partial charge in [0.05, 0.1) is 0 Å². The standard InChI is InChI=1S/C10H17IN2O/c11-9-6-13-5-8(7-14)10(9)1-3-12-4-2-10/h7-9,12-13H,1-6H2. The predicted octanol–water partition coefficient (Wildman–Crippen LogP) is 0.578. The first-order valence-electron chi connectivity index (χ1n) is 5.30. The van der Waals surface area contributed by atoms with Crippen LogP contribution in [0, 0.1) is 11.3 Å². The number of nitrogens with one attached hydrogen (secondary N) is 2. The third kappa shape index (κ3) is 1.72. The topological polar surface area (TPSA) is 41.1 Å². The molecule has 2 N–H and O–H groups in total. The van der Waals surface area contributed by atoms with Crippen molar-refractivity contribution in [1.29, 1.82) is 0 Å². The molecule has 0 aromatic rings. The molecule has 2 unspecified atom stereocenters. The second kappa shape index (κ2) is 4.45. The molecule has 0 radical (unpaired) electrons. The van der Waals surface area contributed by atoms with Gasteiger partial charge in [0.2, 0.25) is 0 Å². The summed E-state index contributed by atoms with van der Waals surface area (Å²) >= 11 is 2.52. The molecule has 0 saturated carbocycles. The van der Waals surface area contributed by atoms with Crippen LogP contribution in [0.5, 0.6) is 0 Å². The molecule has 2 saturated heterocycles. The monoisotopic (exact) mass is 308 g/mol. The van der Waals surface area contributed by atoms with Crippen molar-refractivity contribution in [2.45, 2.75) is 16.8 Å². The van der Waals surface area contributed by atoms with Gasteiger partial charge in [-0.05, 0) is 31.3 Å². The zero-order valence-electron chi connectivity index (χ0n) is 8.26. The largest absolute Gasteiger partial charge is 0.317 e. The Morgan fingerprint density at radius 3 is 2.57 bits per heavy atom. The summed E-state index contributed by atoms with van der Waals surface area (Å²) in [4.78, 5) is 11.1. The number of carbonyl (C=O) groups excluding carboxylic acids is 1. The average molecular weight is 308 g/mol. The molecule has 2 atom stereocenters. The van der Waals surface area contributed by atoms with Crippen molar-refractivity contribution in [2.24, 2.45) is 11.3 Å². The van der Waals surface area contributed by atoms with E-state index >= 15 is 0 Å². The van der Waals surface area contributed by atoms with Gasteiger partial charge >= 0.3 is 0 Å². The van der Waals surface area contributed by atoms with Crippen LogP contribution in [0.25, 0.3) is 0 Å². The van der Waals surface area contributed by atoms with Gasteiger partial charge < -0.3 is 15.4 Å². The van der Waals surface area contributed by atoms with Crippen molar-refractivity contribution < 1.29 is 4.79 Å². The smallest absolute Gasteiger partial charge is 0.124 e. The lowest BCUT2D eigenvalue weighted by atomic mass is 9.65. The van der Waals surface area contributed by atoms with Crippen LogP contribution in [0.15, 0.2) is 0 Å². The Morgan fingerprint density at radius 1 is 1.21 bits per heavy atom. The van der Waals surface area contributed by atoms with Crippen LogP contribution in [0.3, 0.4) is 0 Å². The minimum Gasteiger partial charge on any atom is -0.317 e. The van der Waals surface area contributed by atoms with E-state index in [0.29, 0.717) is 3.92 Å². The first-order chi connectivity index (χ1) is 6.79. The van der Waals surface area contributed by atoms with Gasteiger partial charge in [0.15, 0.2) is 0 Å². The van der Waals surface area contributed by atoms with Crippen molar-refractivity contribution in [3.8, 4) is 0 Å². The number of rotatable bonds is 1. The molecule has 1 spiro atoms. The molecule has 4 heteroatoms. The summed E-state index contributed by atoms with van der Waals surface area (Å²) in [6.45, 7) is 4.08. The summed E-state index contributed by atoms with van der Waals surface area (Å²) < 4.78 is 0.603. The zero-order chi connectivity index (χ0) is 10.0. The van der Waals surface area contributed by atoms with E-state index in [1.165, 1.54) is 6.29 Å². The highest BCUT2D eigenvalue weighted by molar-refractivity contribution is 14.1. The summed E-state index contributed by atoms with van der Waals surface area (Å²) in [6, 6.07) is 0. The van der Waals surface area contributed by atoms with Crippen molar-refractivity contribution in [3.63, 3.8) is 0 Å². The van der Waals surface area contributed by atoms with Gasteiger partial charge in [-0.3, -0.25) is 0 Å². The van der Waals surface area contributed by atoms with Crippen LogP contribution in [-0.4, -0.2) is 36.4 Å². The van der Waals surface area contributed by atoms with Crippen molar-refractivity contribution in [1.82, 2.24) is 10.6 Å². The van der Waals surface area contributed by atoms with Crippen molar-refractivity contribution in [3.05, 3.63) is 0 Å². The van der Waals surface area contributed by atoms with Gasteiger partial charge in [0.25, 0.3) is 0 Å². The Kier molecular flexibility index (Phi) is 3.44. The lowest BCUT2D eigenvalue weighted by Gasteiger charge is -2.48. The lowest BCUT2D eigenvalue weighted by molar-refractivity contribution is -0.116. The van der Waals surface area contributed by atoms with Gasteiger partial charge in [-0.2, -0.15) is 0 Å². The fourth-order valence-corrected chi connectivity index (χ4v) is 4.16. The van der Waals surface area contributed by atoms with Gasteiger partial charge in [-0.15, -0.1) is 0 Å². The molecular formula is C10H17IN2O. The molecule has 2 heterocycles. The summed E-state index contributed by atoms with van der Waals surface area (Å²) in [7, 11) is 0. The van der Waals surface area contributed by atoms with E-state index in [4.69, 9.17) is 0 Å².